The number of anilines is 1. The number of hydrogen-bond acceptors (Lipinski definition) is 2. The quantitative estimate of drug-likeness (QED) is 0.864. The highest BCUT2D eigenvalue weighted by atomic mass is 19.2. The van der Waals surface area contributed by atoms with Gasteiger partial charge in [-0.1, -0.05) is 30.3 Å². The number of benzene rings is 2. The number of rotatable bonds is 4. The molecule has 0 bridgehead atoms. The van der Waals surface area contributed by atoms with Crippen LogP contribution in [0.2, 0.25) is 0 Å². The first-order valence-electron chi connectivity index (χ1n) is 7.71. The van der Waals surface area contributed by atoms with Crippen LogP contribution in [0.3, 0.4) is 0 Å². The van der Waals surface area contributed by atoms with Gasteiger partial charge in [0.15, 0.2) is 17.5 Å². The molecule has 2 aromatic carbocycles. The second-order valence-corrected chi connectivity index (χ2v) is 5.87. The summed E-state index contributed by atoms with van der Waals surface area (Å²) in [6, 6.07) is 11.0. The summed E-state index contributed by atoms with van der Waals surface area (Å²) in [6.07, 6.45) is -0.00996. The van der Waals surface area contributed by atoms with Crippen LogP contribution in [-0.4, -0.2) is 23.3 Å². The lowest BCUT2D eigenvalue weighted by molar-refractivity contribution is -0.128. The van der Waals surface area contributed by atoms with Crippen LogP contribution >= 0.6 is 0 Å². The molecule has 1 aliphatic heterocycles. The minimum atomic E-state index is -1.65. The van der Waals surface area contributed by atoms with Gasteiger partial charge in [0.2, 0.25) is 11.8 Å². The van der Waals surface area contributed by atoms with E-state index in [-0.39, 0.29) is 18.9 Å². The van der Waals surface area contributed by atoms with E-state index in [1.165, 1.54) is 0 Å². The molecule has 0 aliphatic carbocycles. The van der Waals surface area contributed by atoms with E-state index in [2.05, 4.69) is 5.32 Å². The van der Waals surface area contributed by atoms with Crippen LogP contribution in [0.15, 0.2) is 42.5 Å². The lowest BCUT2D eigenvalue weighted by Gasteiger charge is -2.16. The molecule has 1 heterocycles. The van der Waals surface area contributed by atoms with Crippen molar-refractivity contribution in [2.24, 2.45) is 5.92 Å². The van der Waals surface area contributed by atoms with Crippen molar-refractivity contribution in [1.29, 1.82) is 0 Å². The molecule has 0 aromatic heterocycles. The maximum absolute atomic E-state index is 13.6. The van der Waals surface area contributed by atoms with Crippen molar-refractivity contribution in [3.8, 4) is 0 Å². The first-order valence-corrected chi connectivity index (χ1v) is 7.71. The van der Waals surface area contributed by atoms with Gasteiger partial charge in [0.1, 0.15) is 0 Å². The summed E-state index contributed by atoms with van der Waals surface area (Å²) in [7, 11) is 0. The molecule has 25 heavy (non-hydrogen) atoms. The molecule has 0 saturated carbocycles. The number of amides is 2. The molecule has 1 fully saturated rings. The Bertz CT molecular complexity index is 811. The topological polar surface area (TPSA) is 49.4 Å². The summed E-state index contributed by atoms with van der Waals surface area (Å²) in [5.74, 6) is -5.90. The monoisotopic (exact) mass is 348 g/mol. The molecule has 130 valence electrons. The van der Waals surface area contributed by atoms with Gasteiger partial charge in [-0.05, 0) is 17.7 Å². The average Bonchev–Trinajstić information content (AvgIpc) is 2.97. The summed E-state index contributed by atoms with van der Waals surface area (Å²) in [4.78, 5) is 25.9. The number of nitrogens with zero attached hydrogens (tertiary/aromatic N) is 1. The SMILES string of the molecule is O=C(Nc1ccc(F)c(F)c1F)C1CC(=O)N(Cc2ccccc2)C1. The third-order valence-electron chi connectivity index (χ3n) is 4.09. The van der Waals surface area contributed by atoms with Gasteiger partial charge in [0, 0.05) is 19.5 Å². The van der Waals surface area contributed by atoms with Gasteiger partial charge < -0.3 is 10.2 Å². The van der Waals surface area contributed by atoms with E-state index in [9.17, 15) is 22.8 Å². The van der Waals surface area contributed by atoms with E-state index >= 15 is 0 Å². The molecule has 0 spiro atoms. The Morgan fingerprint density at radius 1 is 1.08 bits per heavy atom. The summed E-state index contributed by atoms with van der Waals surface area (Å²) in [6.45, 7) is 0.563. The number of nitrogens with one attached hydrogen (secondary N) is 1. The molecule has 1 atom stereocenters. The summed E-state index contributed by atoms with van der Waals surface area (Å²) < 4.78 is 39.8. The van der Waals surface area contributed by atoms with Crippen molar-refractivity contribution < 1.29 is 22.8 Å². The maximum Gasteiger partial charge on any atom is 0.229 e. The van der Waals surface area contributed by atoms with Gasteiger partial charge in [-0.15, -0.1) is 0 Å². The first kappa shape index (κ1) is 17.0. The van der Waals surface area contributed by atoms with Crippen LogP contribution in [0.4, 0.5) is 18.9 Å². The number of halogens is 3. The Labute approximate surface area is 142 Å². The average molecular weight is 348 g/mol. The third-order valence-corrected chi connectivity index (χ3v) is 4.09. The van der Waals surface area contributed by atoms with Crippen molar-refractivity contribution in [1.82, 2.24) is 4.90 Å². The van der Waals surface area contributed by atoms with E-state index < -0.39 is 35.0 Å². The zero-order valence-electron chi connectivity index (χ0n) is 13.1. The van der Waals surface area contributed by atoms with Crippen molar-refractivity contribution >= 4 is 17.5 Å². The molecule has 3 rings (SSSR count). The Balaban J connectivity index is 1.66. The van der Waals surface area contributed by atoms with E-state index in [1.54, 1.807) is 4.90 Å². The van der Waals surface area contributed by atoms with Gasteiger partial charge >= 0.3 is 0 Å². The van der Waals surface area contributed by atoms with Crippen molar-refractivity contribution in [3.63, 3.8) is 0 Å². The smallest absolute Gasteiger partial charge is 0.229 e. The fourth-order valence-electron chi connectivity index (χ4n) is 2.76. The Morgan fingerprint density at radius 3 is 2.52 bits per heavy atom. The summed E-state index contributed by atoms with van der Waals surface area (Å²) in [5.41, 5.74) is 0.487. The molecule has 2 amide bonds. The predicted octanol–water partition coefficient (Wildman–Crippen LogP) is 3.09. The van der Waals surface area contributed by atoms with Crippen LogP contribution in [0, 0.1) is 23.4 Å². The maximum atomic E-state index is 13.6. The van der Waals surface area contributed by atoms with Crippen molar-refractivity contribution in [2.75, 3.05) is 11.9 Å². The molecular weight excluding hydrogens is 333 g/mol. The van der Waals surface area contributed by atoms with E-state index in [4.69, 9.17) is 0 Å². The fraction of sp³-hybridized carbons (Fsp3) is 0.222. The molecule has 2 aromatic rings. The summed E-state index contributed by atoms with van der Waals surface area (Å²) >= 11 is 0. The largest absolute Gasteiger partial charge is 0.338 e. The molecule has 0 radical (unpaired) electrons. The second kappa shape index (κ2) is 6.96. The van der Waals surface area contributed by atoms with E-state index in [0.29, 0.717) is 6.54 Å². The molecule has 1 unspecified atom stereocenters. The first-order chi connectivity index (χ1) is 12.0. The number of carbonyl (C=O) groups is 2. The number of hydrogen-bond donors (Lipinski definition) is 1. The van der Waals surface area contributed by atoms with Gasteiger partial charge in [-0.2, -0.15) is 0 Å². The van der Waals surface area contributed by atoms with Crippen LogP contribution in [0.5, 0.6) is 0 Å². The number of carbonyl (C=O) groups excluding carboxylic acids is 2. The minimum absolute atomic E-state index is 0.00996. The van der Waals surface area contributed by atoms with Crippen LogP contribution in [0.25, 0.3) is 0 Å². The van der Waals surface area contributed by atoms with Crippen LogP contribution in [-0.2, 0) is 16.1 Å². The molecule has 1 aliphatic rings. The van der Waals surface area contributed by atoms with Crippen LogP contribution in [0.1, 0.15) is 12.0 Å². The standard InChI is InChI=1S/C18H15F3N2O2/c19-13-6-7-14(17(21)16(13)20)22-18(25)12-8-15(24)23(10-12)9-11-4-2-1-3-5-11/h1-7,12H,8-10H2,(H,22,25). The van der Waals surface area contributed by atoms with Gasteiger partial charge in [0.05, 0.1) is 11.6 Å². The van der Waals surface area contributed by atoms with Crippen molar-refractivity contribution in [3.05, 3.63) is 65.5 Å². The molecular formula is C18H15F3N2O2. The lowest BCUT2D eigenvalue weighted by Crippen LogP contribution is -2.28. The van der Waals surface area contributed by atoms with Crippen LogP contribution < -0.4 is 5.32 Å². The minimum Gasteiger partial charge on any atom is -0.338 e. The predicted molar refractivity (Wildman–Crippen MR) is 84.9 cm³/mol. The highest BCUT2D eigenvalue weighted by molar-refractivity contribution is 5.97. The van der Waals surface area contributed by atoms with Gasteiger partial charge in [0.25, 0.3) is 0 Å². The zero-order valence-corrected chi connectivity index (χ0v) is 13.1. The van der Waals surface area contributed by atoms with E-state index in [0.717, 1.165) is 17.7 Å². The normalized spacial score (nSPS) is 17.0. The van der Waals surface area contributed by atoms with Crippen molar-refractivity contribution in [2.45, 2.75) is 13.0 Å². The molecule has 7 heteroatoms. The second-order valence-electron chi connectivity index (χ2n) is 5.87. The Morgan fingerprint density at radius 2 is 1.80 bits per heavy atom. The molecule has 4 nitrogen and oxygen atoms in total. The van der Waals surface area contributed by atoms with Gasteiger partial charge in [-0.3, -0.25) is 9.59 Å². The highest BCUT2D eigenvalue weighted by Gasteiger charge is 2.34. The third kappa shape index (κ3) is 3.65. The fourth-order valence-corrected chi connectivity index (χ4v) is 2.76. The Hall–Kier alpha value is -2.83. The lowest BCUT2D eigenvalue weighted by atomic mass is 10.1. The summed E-state index contributed by atoms with van der Waals surface area (Å²) in [5, 5.41) is 2.23. The van der Waals surface area contributed by atoms with Gasteiger partial charge in [-0.25, -0.2) is 13.2 Å². The molecule has 1 N–H and O–H groups in total. The number of likely N-dealkylation sites (tertiary alicyclic amines) is 1. The zero-order chi connectivity index (χ0) is 18.0. The van der Waals surface area contributed by atoms with E-state index in [1.807, 2.05) is 30.3 Å². The highest BCUT2D eigenvalue weighted by Crippen LogP contribution is 2.24. The molecule has 1 saturated heterocycles. The Kier molecular flexibility index (Phi) is 4.74.